The first-order valence-corrected chi connectivity index (χ1v) is 2.36. The molecule has 9 heavy (non-hydrogen) atoms. The molecule has 1 rings (SSSR count). The van der Waals surface area contributed by atoms with Crippen molar-refractivity contribution in [3.63, 3.8) is 0 Å². The summed E-state index contributed by atoms with van der Waals surface area (Å²) in [6.45, 7) is -3.38. The van der Waals surface area contributed by atoms with Crippen molar-refractivity contribution in [2.45, 2.75) is 20.0 Å². The number of hydrogen-bond donors (Lipinski definition) is 1. The van der Waals surface area contributed by atoms with Gasteiger partial charge in [-0.1, -0.05) is 0 Å². The van der Waals surface area contributed by atoms with E-state index in [2.05, 4.69) is 10.1 Å². The van der Waals surface area contributed by atoms with Crippen LogP contribution in [0.5, 0.6) is 0 Å². The maximum Gasteiger partial charge on any atom is 0.152 e. The molecule has 0 saturated carbocycles. The molecule has 0 unspecified atom stereocenters. The zero-order chi connectivity index (χ0) is 10.3. The van der Waals surface area contributed by atoms with E-state index < -0.39 is 18.9 Å². The number of aromatic nitrogens is 3. The molecule has 0 radical (unpaired) electrons. The maximum atomic E-state index is 8.97. The van der Waals surface area contributed by atoms with E-state index in [1.165, 1.54) is 6.92 Å². The van der Waals surface area contributed by atoms with Crippen molar-refractivity contribution in [3.8, 4) is 0 Å². The Balaban J connectivity index is 3.19. The molecule has 0 fully saturated rings. The van der Waals surface area contributed by atoms with Gasteiger partial charge < -0.3 is 5.11 Å². The Hall–Kier alpha value is -0.900. The van der Waals surface area contributed by atoms with Gasteiger partial charge in [-0.05, 0) is 6.92 Å². The van der Waals surface area contributed by atoms with Crippen LogP contribution in [-0.4, -0.2) is 19.9 Å². The smallest absolute Gasteiger partial charge is 0.152 e. The Morgan fingerprint density at radius 3 is 3.22 bits per heavy atom. The van der Waals surface area contributed by atoms with Crippen LogP contribution < -0.4 is 0 Å². The molecule has 1 heterocycles. The Labute approximate surface area is 58.8 Å². The van der Waals surface area contributed by atoms with E-state index in [4.69, 9.17) is 10.6 Å². The second-order valence-electron chi connectivity index (χ2n) is 1.33. The summed E-state index contributed by atoms with van der Waals surface area (Å²) < 4.78 is 29.1. The molecule has 1 aromatic rings. The topological polar surface area (TPSA) is 50.9 Å². The van der Waals surface area contributed by atoms with Gasteiger partial charge in [0.05, 0.1) is 5.48 Å². The van der Waals surface area contributed by atoms with E-state index in [1.54, 1.807) is 0 Å². The average molecular weight is 131 g/mol. The van der Waals surface area contributed by atoms with Gasteiger partial charge in [-0.3, -0.25) is 0 Å². The van der Waals surface area contributed by atoms with Crippen molar-refractivity contribution in [1.29, 1.82) is 0 Å². The van der Waals surface area contributed by atoms with Gasteiger partial charge in [0.1, 0.15) is 12.9 Å². The molecular weight excluding hydrogens is 118 g/mol. The molecule has 0 amide bonds. The monoisotopic (exact) mass is 131 g/mol. The highest BCUT2D eigenvalue weighted by molar-refractivity contribution is 4.79. The first-order chi connectivity index (χ1) is 5.73. The van der Waals surface area contributed by atoms with E-state index in [-0.39, 0.29) is 0 Å². The number of aryl methyl sites for hydroxylation is 1. The third kappa shape index (κ3) is 1.08. The van der Waals surface area contributed by atoms with Crippen molar-refractivity contribution < 1.29 is 10.6 Å². The zero-order valence-corrected chi connectivity index (χ0v) is 4.87. The summed E-state index contributed by atoms with van der Waals surface area (Å²) in [5.74, 6) is -0.444. The van der Waals surface area contributed by atoms with Crippen molar-refractivity contribution in [2.24, 2.45) is 0 Å². The highest BCUT2D eigenvalue weighted by atomic mass is 16.3. The predicted molar refractivity (Wildman–Crippen MR) is 31.6 cm³/mol. The lowest BCUT2D eigenvalue weighted by molar-refractivity contribution is 0.263. The SMILES string of the molecule is [2H]C([2H])(O)c1ncnn1C([2H])([2H])C. The summed E-state index contributed by atoms with van der Waals surface area (Å²) in [5.41, 5.74) is 0. The van der Waals surface area contributed by atoms with Crippen LogP contribution in [0, 0.1) is 0 Å². The summed E-state index contributed by atoms with van der Waals surface area (Å²) in [6.07, 6.45) is 0.991. The number of aliphatic hydroxyl groups is 1. The van der Waals surface area contributed by atoms with Crippen LogP contribution in [0.2, 0.25) is 0 Å². The average Bonchev–Trinajstić information content (AvgIpc) is 2.27. The minimum absolute atomic E-state index is 0.444. The fourth-order valence-corrected chi connectivity index (χ4v) is 0.481. The largest absolute Gasteiger partial charge is 0.388 e. The summed E-state index contributed by atoms with van der Waals surface area (Å²) in [4.78, 5) is 3.44. The molecule has 1 aromatic heterocycles. The molecule has 0 spiro atoms. The predicted octanol–water partition coefficient (Wildman–Crippen LogP) is -0.210. The molecule has 4 heteroatoms. The number of hydrogen-bond acceptors (Lipinski definition) is 3. The molecular formula is C5H9N3O. The van der Waals surface area contributed by atoms with Crippen LogP contribution in [0.15, 0.2) is 6.33 Å². The molecule has 50 valence electrons. The Kier molecular flexibility index (Phi) is 0.803. The number of rotatable bonds is 2. The molecule has 0 aliphatic heterocycles. The molecule has 0 aromatic carbocycles. The molecule has 0 atom stereocenters. The minimum Gasteiger partial charge on any atom is -0.388 e. The van der Waals surface area contributed by atoms with Crippen LogP contribution >= 0.6 is 0 Å². The number of nitrogens with zero attached hydrogens (tertiary/aromatic N) is 3. The lowest BCUT2D eigenvalue weighted by Crippen LogP contribution is -2.02. The lowest BCUT2D eigenvalue weighted by Gasteiger charge is -1.95. The van der Waals surface area contributed by atoms with E-state index in [1.807, 2.05) is 0 Å². The van der Waals surface area contributed by atoms with Gasteiger partial charge >= 0.3 is 0 Å². The van der Waals surface area contributed by atoms with Crippen LogP contribution in [-0.2, 0) is 13.1 Å². The molecule has 0 aliphatic carbocycles. The van der Waals surface area contributed by atoms with Gasteiger partial charge in [-0.25, -0.2) is 9.67 Å². The molecule has 1 N–H and O–H groups in total. The fourth-order valence-electron chi connectivity index (χ4n) is 0.481. The first kappa shape index (κ1) is 2.79. The molecule has 4 nitrogen and oxygen atoms in total. The van der Waals surface area contributed by atoms with E-state index in [0.29, 0.717) is 4.68 Å². The molecule has 0 bridgehead atoms. The van der Waals surface area contributed by atoms with E-state index >= 15 is 0 Å². The normalized spacial score (nSPS) is 19.8. The summed E-state index contributed by atoms with van der Waals surface area (Å²) >= 11 is 0. The second-order valence-corrected chi connectivity index (χ2v) is 1.33. The summed E-state index contributed by atoms with van der Waals surface area (Å²) in [5, 5.41) is 12.4. The minimum atomic E-state index is -2.68. The van der Waals surface area contributed by atoms with Crippen LogP contribution in [0.25, 0.3) is 0 Å². The van der Waals surface area contributed by atoms with E-state index in [0.717, 1.165) is 6.33 Å². The first-order valence-electron chi connectivity index (χ1n) is 4.36. The lowest BCUT2D eigenvalue weighted by atomic mass is 10.6. The summed E-state index contributed by atoms with van der Waals surface area (Å²) in [6, 6.07) is 0. The Morgan fingerprint density at radius 1 is 2.00 bits per heavy atom. The van der Waals surface area contributed by atoms with Crippen LogP contribution in [0.4, 0.5) is 0 Å². The van der Waals surface area contributed by atoms with Gasteiger partial charge in [0.15, 0.2) is 5.82 Å². The van der Waals surface area contributed by atoms with Crippen LogP contribution in [0.3, 0.4) is 0 Å². The zero-order valence-electron chi connectivity index (χ0n) is 8.87. The second kappa shape index (κ2) is 2.59. The highest BCUT2D eigenvalue weighted by Crippen LogP contribution is 1.90. The Morgan fingerprint density at radius 2 is 2.78 bits per heavy atom. The molecule has 0 aliphatic rings. The van der Waals surface area contributed by atoms with Crippen molar-refractivity contribution >= 4 is 0 Å². The van der Waals surface area contributed by atoms with Gasteiger partial charge in [0.25, 0.3) is 0 Å². The standard InChI is InChI=1S/C5H9N3O/c1-2-8-5(3-9)6-4-7-8/h4,9H,2-3H2,1H3/i2D2,3D2. The van der Waals surface area contributed by atoms with Crippen molar-refractivity contribution in [1.82, 2.24) is 14.8 Å². The van der Waals surface area contributed by atoms with E-state index in [9.17, 15) is 0 Å². The van der Waals surface area contributed by atoms with Gasteiger partial charge in [-0.2, -0.15) is 5.10 Å². The highest BCUT2D eigenvalue weighted by Gasteiger charge is 1.96. The van der Waals surface area contributed by atoms with Crippen molar-refractivity contribution in [3.05, 3.63) is 12.2 Å². The van der Waals surface area contributed by atoms with Gasteiger partial charge in [0, 0.05) is 6.50 Å². The summed E-state index contributed by atoms with van der Waals surface area (Å²) in [7, 11) is 0. The molecule has 0 saturated heterocycles. The van der Waals surface area contributed by atoms with Crippen LogP contribution in [0.1, 0.15) is 18.2 Å². The quantitative estimate of drug-likeness (QED) is 0.604. The third-order valence-corrected chi connectivity index (χ3v) is 0.860. The fraction of sp³-hybridized carbons (Fsp3) is 0.600. The Bertz CT molecular complexity index is 271. The maximum absolute atomic E-state index is 8.97. The van der Waals surface area contributed by atoms with Gasteiger partial charge in [-0.15, -0.1) is 0 Å². The van der Waals surface area contributed by atoms with Gasteiger partial charge in [0.2, 0.25) is 0 Å². The van der Waals surface area contributed by atoms with Crippen molar-refractivity contribution in [2.75, 3.05) is 0 Å². The third-order valence-electron chi connectivity index (χ3n) is 0.860.